The number of ether oxygens (including phenoxy) is 1. The van der Waals surface area contributed by atoms with E-state index in [1.807, 2.05) is 37.3 Å². The highest BCUT2D eigenvalue weighted by molar-refractivity contribution is 5.28. The summed E-state index contributed by atoms with van der Waals surface area (Å²) in [5.74, 6) is 0.877. The van der Waals surface area contributed by atoms with E-state index in [0.717, 1.165) is 18.6 Å². The van der Waals surface area contributed by atoms with Crippen LogP contribution in [0.2, 0.25) is 0 Å². The highest BCUT2D eigenvalue weighted by atomic mass is 16.5. The van der Waals surface area contributed by atoms with Gasteiger partial charge in [0.15, 0.2) is 0 Å². The van der Waals surface area contributed by atoms with Crippen LogP contribution in [0.15, 0.2) is 54.6 Å². The second-order valence-electron chi connectivity index (χ2n) is 5.20. The van der Waals surface area contributed by atoms with Crippen molar-refractivity contribution in [2.45, 2.75) is 38.9 Å². The van der Waals surface area contributed by atoms with E-state index >= 15 is 0 Å². The van der Waals surface area contributed by atoms with Crippen molar-refractivity contribution in [1.29, 1.82) is 0 Å². The van der Waals surface area contributed by atoms with Gasteiger partial charge in [0.25, 0.3) is 0 Å². The summed E-state index contributed by atoms with van der Waals surface area (Å²) in [4.78, 5) is 0. The highest BCUT2D eigenvalue weighted by Crippen LogP contribution is 2.22. The Morgan fingerprint density at radius 2 is 1.60 bits per heavy atom. The molecule has 0 radical (unpaired) electrons. The van der Waals surface area contributed by atoms with Gasteiger partial charge >= 0.3 is 0 Å². The fraction of sp³-hybridized carbons (Fsp3) is 0.333. The van der Waals surface area contributed by atoms with Gasteiger partial charge in [-0.1, -0.05) is 42.5 Å². The molecule has 2 atom stereocenters. The summed E-state index contributed by atoms with van der Waals surface area (Å²) >= 11 is 0. The Kier molecular flexibility index (Phi) is 5.19. The molecule has 2 aromatic carbocycles. The molecule has 0 saturated heterocycles. The average molecular weight is 270 g/mol. The third-order valence-corrected chi connectivity index (χ3v) is 3.36. The Balaban J connectivity index is 1.93. The van der Waals surface area contributed by atoms with E-state index in [4.69, 9.17) is 4.74 Å². The minimum atomic E-state index is -0.246. The molecule has 0 saturated carbocycles. The molecule has 2 nitrogen and oxygen atoms in total. The molecular weight excluding hydrogens is 248 g/mol. The molecular formula is C18H22O2. The first kappa shape index (κ1) is 14.6. The van der Waals surface area contributed by atoms with Crippen molar-refractivity contribution >= 4 is 0 Å². The summed E-state index contributed by atoms with van der Waals surface area (Å²) in [6.45, 7) is 3.87. The molecule has 2 aromatic rings. The van der Waals surface area contributed by atoms with E-state index in [-0.39, 0.29) is 12.2 Å². The Morgan fingerprint density at radius 1 is 0.950 bits per heavy atom. The number of aliphatic hydroxyl groups excluding tert-OH is 1. The summed E-state index contributed by atoms with van der Waals surface area (Å²) in [7, 11) is 0. The van der Waals surface area contributed by atoms with E-state index in [2.05, 4.69) is 31.2 Å². The van der Waals surface area contributed by atoms with Gasteiger partial charge in [0.1, 0.15) is 11.9 Å². The van der Waals surface area contributed by atoms with E-state index in [9.17, 15) is 5.11 Å². The summed E-state index contributed by atoms with van der Waals surface area (Å²) in [6.07, 6.45) is 1.48. The van der Waals surface area contributed by atoms with Gasteiger partial charge < -0.3 is 9.84 Å². The van der Waals surface area contributed by atoms with Crippen LogP contribution in [-0.2, 0) is 6.42 Å². The molecule has 0 aliphatic carbocycles. The number of hydrogen-bond donors (Lipinski definition) is 1. The van der Waals surface area contributed by atoms with Crippen molar-refractivity contribution in [2.75, 3.05) is 0 Å². The van der Waals surface area contributed by atoms with Crippen molar-refractivity contribution in [3.63, 3.8) is 0 Å². The van der Waals surface area contributed by atoms with Gasteiger partial charge in [0, 0.05) is 0 Å². The van der Waals surface area contributed by atoms with E-state index < -0.39 is 0 Å². The molecule has 0 heterocycles. The number of rotatable bonds is 6. The quantitative estimate of drug-likeness (QED) is 0.854. The van der Waals surface area contributed by atoms with Gasteiger partial charge in [0.05, 0.1) is 6.10 Å². The lowest BCUT2D eigenvalue weighted by atomic mass is 10.1. The van der Waals surface area contributed by atoms with Gasteiger partial charge in [-0.2, -0.15) is 0 Å². The fourth-order valence-corrected chi connectivity index (χ4v) is 2.11. The Morgan fingerprint density at radius 3 is 2.20 bits per heavy atom. The molecule has 106 valence electrons. The monoisotopic (exact) mass is 270 g/mol. The molecule has 20 heavy (non-hydrogen) atoms. The zero-order chi connectivity index (χ0) is 14.4. The van der Waals surface area contributed by atoms with Gasteiger partial charge in [-0.15, -0.1) is 0 Å². The number of aryl methyl sites for hydroxylation is 1. The zero-order valence-electron chi connectivity index (χ0n) is 12.1. The molecule has 0 bridgehead atoms. The van der Waals surface area contributed by atoms with Crippen molar-refractivity contribution in [3.8, 4) is 5.75 Å². The molecule has 1 N–H and O–H groups in total. The minimum Gasteiger partial charge on any atom is -0.486 e. The normalized spacial score (nSPS) is 13.8. The Hall–Kier alpha value is -1.80. The molecule has 0 aliphatic rings. The van der Waals surface area contributed by atoms with Crippen LogP contribution < -0.4 is 4.74 Å². The van der Waals surface area contributed by atoms with Gasteiger partial charge in [-0.05, 0) is 49.9 Å². The first-order valence-electron chi connectivity index (χ1n) is 7.14. The van der Waals surface area contributed by atoms with Crippen molar-refractivity contribution < 1.29 is 9.84 Å². The van der Waals surface area contributed by atoms with Crippen LogP contribution in [0.25, 0.3) is 0 Å². The van der Waals surface area contributed by atoms with Crippen LogP contribution in [0, 0.1) is 0 Å². The minimum absolute atomic E-state index is 0.0412. The number of aliphatic hydroxyl groups is 1. The van der Waals surface area contributed by atoms with Crippen LogP contribution >= 0.6 is 0 Å². The van der Waals surface area contributed by atoms with E-state index in [1.165, 1.54) is 11.1 Å². The fourth-order valence-electron chi connectivity index (χ4n) is 2.11. The van der Waals surface area contributed by atoms with Crippen LogP contribution in [0.4, 0.5) is 0 Å². The predicted molar refractivity (Wildman–Crippen MR) is 81.9 cm³/mol. The van der Waals surface area contributed by atoms with Crippen molar-refractivity contribution in [1.82, 2.24) is 0 Å². The van der Waals surface area contributed by atoms with Gasteiger partial charge in [-0.3, -0.25) is 0 Å². The average Bonchev–Trinajstić information content (AvgIpc) is 2.47. The SMILES string of the molecule is CC(O)CCc1ccc(OC(C)c2ccccc2)cc1. The number of hydrogen-bond acceptors (Lipinski definition) is 2. The first-order valence-corrected chi connectivity index (χ1v) is 7.14. The molecule has 0 spiro atoms. The first-order chi connectivity index (χ1) is 9.65. The van der Waals surface area contributed by atoms with Crippen LogP contribution in [0.5, 0.6) is 5.75 Å². The smallest absolute Gasteiger partial charge is 0.121 e. The van der Waals surface area contributed by atoms with Crippen LogP contribution in [-0.4, -0.2) is 11.2 Å². The zero-order valence-corrected chi connectivity index (χ0v) is 12.1. The lowest BCUT2D eigenvalue weighted by molar-refractivity contribution is 0.185. The molecule has 2 heteroatoms. The largest absolute Gasteiger partial charge is 0.486 e. The summed E-state index contributed by atoms with van der Waals surface area (Å²) in [5, 5.41) is 9.29. The molecule has 0 aliphatic heterocycles. The maximum atomic E-state index is 9.29. The second kappa shape index (κ2) is 7.11. The van der Waals surface area contributed by atoms with Crippen molar-refractivity contribution in [3.05, 3.63) is 65.7 Å². The molecule has 0 aromatic heterocycles. The summed E-state index contributed by atoms with van der Waals surface area (Å²) in [6, 6.07) is 18.3. The van der Waals surface area contributed by atoms with Crippen molar-refractivity contribution in [2.24, 2.45) is 0 Å². The number of benzene rings is 2. The molecule has 2 rings (SSSR count). The van der Waals surface area contributed by atoms with E-state index in [1.54, 1.807) is 0 Å². The standard InChI is InChI=1S/C18H22O2/c1-14(19)8-9-16-10-12-18(13-11-16)20-15(2)17-6-4-3-5-7-17/h3-7,10-15,19H,8-9H2,1-2H3. The lowest BCUT2D eigenvalue weighted by Crippen LogP contribution is -2.03. The Labute approximate surface area is 121 Å². The van der Waals surface area contributed by atoms with Gasteiger partial charge in [-0.25, -0.2) is 0 Å². The molecule has 0 amide bonds. The van der Waals surface area contributed by atoms with Gasteiger partial charge in [0.2, 0.25) is 0 Å². The van der Waals surface area contributed by atoms with Crippen LogP contribution in [0.3, 0.4) is 0 Å². The Bertz CT molecular complexity index is 503. The maximum absolute atomic E-state index is 9.29. The predicted octanol–water partition coefficient (Wildman–Crippen LogP) is 4.14. The topological polar surface area (TPSA) is 29.5 Å². The summed E-state index contributed by atoms with van der Waals surface area (Å²) < 4.78 is 5.93. The second-order valence-corrected chi connectivity index (χ2v) is 5.20. The van der Waals surface area contributed by atoms with Crippen LogP contribution in [0.1, 0.15) is 37.5 Å². The summed E-state index contributed by atoms with van der Waals surface area (Å²) in [5.41, 5.74) is 2.40. The lowest BCUT2D eigenvalue weighted by Gasteiger charge is -2.15. The third-order valence-electron chi connectivity index (χ3n) is 3.36. The molecule has 0 fully saturated rings. The third kappa shape index (κ3) is 4.39. The van der Waals surface area contributed by atoms with E-state index in [0.29, 0.717) is 0 Å². The highest BCUT2D eigenvalue weighted by Gasteiger charge is 2.06. The maximum Gasteiger partial charge on any atom is 0.121 e. The molecule has 2 unspecified atom stereocenters.